The Hall–Kier alpha value is -0.330. The molecule has 1 nitrogen and oxygen atoms in total. The van der Waals surface area contributed by atoms with Gasteiger partial charge in [0.05, 0.1) is 0 Å². The summed E-state index contributed by atoms with van der Waals surface area (Å²) in [5.74, 6) is 1.97. The van der Waals surface area contributed by atoms with Gasteiger partial charge < -0.3 is 4.79 Å². The van der Waals surface area contributed by atoms with Crippen LogP contribution < -0.4 is 0 Å². The summed E-state index contributed by atoms with van der Waals surface area (Å²) in [7, 11) is 0. The summed E-state index contributed by atoms with van der Waals surface area (Å²) in [4.78, 5) is 9.81. The van der Waals surface area contributed by atoms with Gasteiger partial charge in [-0.3, -0.25) is 0 Å². The molecule has 0 bridgehead atoms. The van der Waals surface area contributed by atoms with Crippen molar-refractivity contribution in [2.45, 2.75) is 68.2 Å². The van der Waals surface area contributed by atoms with Gasteiger partial charge in [0.25, 0.3) is 0 Å². The highest BCUT2D eigenvalue weighted by Crippen LogP contribution is 1.93. The Morgan fingerprint density at radius 1 is 1.00 bits per heavy atom. The fraction of sp³-hybridized carbons (Fsp3) is 0.923. The third kappa shape index (κ3) is 98.6. The number of hydrogen-bond donors (Lipinski definition) is 0. The van der Waals surface area contributed by atoms with Gasteiger partial charge >= 0.3 is 0 Å². The molecule has 0 amide bonds. The maximum Gasteiger partial charge on any atom is 0.129 e. The molecule has 0 aromatic rings. The average Bonchev–Trinajstić information content (AvgIpc) is 2.04. The minimum absolute atomic E-state index is 0.255. The van der Waals surface area contributed by atoms with Gasteiger partial charge in [0.1, 0.15) is 5.78 Å². The van der Waals surface area contributed by atoms with Crippen molar-refractivity contribution in [3.8, 4) is 0 Å². The van der Waals surface area contributed by atoms with Crippen molar-refractivity contribution < 1.29 is 4.79 Å². The lowest BCUT2D eigenvalue weighted by Crippen LogP contribution is -1.80. The first-order valence-electron chi connectivity index (χ1n) is 5.77. The first-order valence-corrected chi connectivity index (χ1v) is 5.77. The Morgan fingerprint density at radius 3 is 1.14 bits per heavy atom. The van der Waals surface area contributed by atoms with Crippen molar-refractivity contribution in [2.75, 3.05) is 0 Å². The number of hydrogen-bond acceptors (Lipinski definition) is 1. The predicted octanol–water partition coefficient (Wildman–Crippen LogP) is 4.70. The highest BCUT2D eigenvalue weighted by atomic mass is 16.1. The normalized spacial score (nSPS) is 8.71. The summed E-state index contributed by atoms with van der Waals surface area (Å²) in [6, 6.07) is 0. The highest BCUT2D eigenvalue weighted by molar-refractivity contribution is 5.74. The topological polar surface area (TPSA) is 17.1 Å². The van der Waals surface area contributed by atoms with Gasteiger partial charge in [-0.25, -0.2) is 0 Å². The van der Waals surface area contributed by atoms with Crippen molar-refractivity contribution in [2.24, 2.45) is 11.8 Å². The van der Waals surface area contributed by atoms with Gasteiger partial charge in [-0.05, 0) is 18.8 Å². The summed E-state index contributed by atoms with van der Waals surface area (Å²) in [6.45, 7) is 16.6. The molecule has 0 aliphatic carbocycles. The number of rotatable bonds is 2. The van der Waals surface area contributed by atoms with Crippen LogP contribution in [0.1, 0.15) is 68.2 Å². The van der Waals surface area contributed by atoms with Crippen LogP contribution in [0.3, 0.4) is 0 Å². The quantitative estimate of drug-likeness (QED) is 0.634. The molecule has 0 saturated carbocycles. The minimum Gasteiger partial charge on any atom is -0.300 e. The van der Waals surface area contributed by atoms with E-state index in [4.69, 9.17) is 0 Å². The zero-order valence-corrected chi connectivity index (χ0v) is 11.5. The summed E-state index contributed by atoms with van der Waals surface area (Å²) in [5.41, 5.74) is 0. The Kier molecular flexibility index (Phi) is 20.9. The third-order valence-electron chi connectivity index (χ3n) is 1.31. The van der Waals surface area contributed by atoms with Gasteiger partial charge in [0.2, 0.25) is 0 Å². The molecule has 0 heterocycles. The fourth-order valence-corrected chi connectivity index (χ4v) is 0. The van der Waals surface area contributed by atoms with Crippen LogP contribution in [-0.4, -0.2) is 5.78 Å². The molecule has 0 aromatic carbocycles. The maximum atomic E-state index is 9.81. The van der Waals surface area contributed by atoms with Gasteiger partial charge in [0, 0.05) is 6.42 Å². The molecule has 0 fully saturated rings. The molecule has 0 spiro atoms. The first-order chi connectivity index (χ1) is 6.27. The number of ketones is 1. The van der Waals surface area contributed by atoms with E-state index in [0.717, 1.165) is 11.8 Å². The molecule has 1 heteroatoms. The lowest BCUT2D eigenvalue weighted by atomic mass is 10.2. The molecule has 0 atom stereocenters. The molecule has 0 N–H and O–H groups in total. The van der Waals surface area contributed by atoms with Crippen molar-refractivity contribution in [3.05, 3.63) is 0 Å². The van der Waals surface area contributed by atoms with Crippen LogP contribution in [0.5, 0.6) is 0 Å². The predicted molar refractivity (Wildman–Crippen MR) is 66.6 cm³/mol. The number of carbonyl (C=O) groups is 1. The zero-order chi connectivity index (χ0) is 12.1. The molecule has 0 aliphatic heterocycles. The van der Waals surface area contributed by atoms with Crippen LogP contribution in [0, 0.1) is 11.8 Å². The van der Waals surface area contributed by atoms with Gasteiger partial charge in [-0.2, -0.15) is 0 Å². The largest absolute Gasteiger partial charge is 0.300 e. The van der Waals surface area contributed by atoms with E-state index in [1.165, 1.54) is 6.42 Å². The molecule has 0 rings (SSSR count). The Balaban J connectivity index is -0.000000131. The Labute approximate surface area is 91.3 Å². The zero-order valence-electron chi connectivity index (χ0n) is 11.5. The summed E-state index contributed by atoms with van der Waals surface area (Å²) < 4.78 is 0. The van der Waals surface area contributed by atoms with E-state index in [0.29, 0.717) is 6.42 Å². The SMILES string of the molecule is CC(C)C.CCC(C)=O.CCC(C)C. The first kappa shape index (κ1) is 19.3. The van der Waals surface area contributed by atoms with Crippen LogP contribution in [0.25, 0.3) is 0 Å². The molecule has 0 unspecified atom stereocenters. The van der Waals surface area contributed by atoms with Crippen LogP contribution >= 0.6 is 0 Å². The van der Waals surface area contributed by atoms with E-state index in [2.05, 4.69) is 41.5 Å². The molecule has 88 valence electrons. The maximum absolute atomic E-state index is 9.81. The van der Waals surface area contributed by atoms with Crippen LogP contribution in [0.15, 0.2) is 0 Å². The minimum atomic E-state index is 0.255. The van der Waals surface area contributed by atoms with E-state index < -0.39 is 0 Å². The Morgan fingerprint density at radius 2 is 1.14 bits per heavy atom. The van der Waals surface area contributed by atoms with E-state index in [9.17, 15) is 4.79 Å². The summed E-state index contributed by atoms with van der Waals surface area (Å²) in [5, 5.41) is 0. The lowest BCUT2D eigenvalue weighted by Gasteiger charge is -1.90. The van der Waals surface area contributed by atoms with E-state index in [1.54, 1.807) is 6.92 Å². The Bertz CT molecular complexity index is 101. The lowest BCUT2D eigenvalue weighted by molar-refractivity contribution is -0.116. The second-order valence-corrected chi connectivity index (χ2v) is 4.59. The smallest absolute Gasteiger partial charge is 0.129 e. The standard InChI is InChI=1S/C5H12.C4H8O.C4H10/c1-4-5(2)3;1-3-4(2)5;1-4(2)3/h5H,4H2,1-3H3;3H2,1-2H3;4H,1-3H3. The van der Waals surface area contributed by atoms with E-state index in [1.807, 2.05) is 6.92 Å². The monoisotopic (exact) mass is 202 g/mol. The molecular formula is C13H30O. The highest BCUT2D eigenvalue weighted by Gasteiger charge is 1.80. The van der Waals surface area contributed by atoms with Crippen molar-refractivity contribution in [3.63, 3.8) is 0 Å². The molecule has 0 radical (unpaired) electrons. The van der Waals surface area contributed by atoms with Gasteiger partial charge in [-0.1, -0.05) is 54.9 Å². The second-order valence-electron chi connectivity index (χ2n) is 4.59. The number of carbonyl (C=O) groups excluding carboxylic acids is 1. The molecule has 0 aliphatic rings. The van der Waals surface area contributed by atoms with Crippen molar-refractivity contribution in [1.29, 1.82) is 0 Å². The van der Waals surface area contributed by atoms with Crippen LogP contribution in [0.4, 0.5) is 0 Å². The van der Waals surface area contributed by atoms with Gasteiger partial charge in [-0.15, -0.1) is 0 Å². The molecule has 14 heavy (non-hydrogen) atoms. The fourth-order valence-electron chi connectivity index (χ4n) is 0. The molecular weight excluding hydrogens is 172 g/mol. The van der Waals surface area contributed by atoms with Gasteiger partial charge in [0.15, 0.2) is 0 Å². The molecule has 0 saturated heterocycles. The van der Waals surface area contributed by atoms with E-state index >= 15 is 0 Å². The van der Waals surface area contributed by atoms with Crippen molar-refractivity contribution in [1.82, 2.24) is 0 Å². The van der Waals surface area contributed by atoms with Crippen molar-refractivity contribution >= 4 is 5.78 Å². The molecule has 0 aromatic heterocycles. The second kappa shape index (κ2) is 15.2. The third-order valence-corrected chi connectivity index (χ3v) is 1.31. The van der Waals surface area contributed by atoms with Crippen LogP contribution in [-0.2, 0) is 4.79 Å². The summed E-state index contributed by atoms with van der Waals surface area (Å²) in [6.07, 6.45) is 1.97. The summed E-state index contributed by atoms with van der Waals surface area (Å²) >= 11 is 0. The average molecular weight is 202 g/mol. The van der Waals surface area contributed by atoms with Crippen LogP contribution in [0.2, 0.25) is 0 Å². The van der Waals surface area contributed by atoms with E-state index in [-0.39, 0.29) is 5.78 Å². The number of Topliss-reactive ketones (excluding diaryl/α,β-unsaturated/α-hetero) is 1.